The van der Waals surface area contributed by atoms with E-state index in [1.165, 1.54) is 11.6 Å². The Morgan fingerprint density at radius 2 is 1.73 bits per heavy atom. The Hall–Kier alpha value is -3.13. The first-order chi connectivity index (χ1) is 15.6. The molecule has 0 aliphatic carbocycles. The van der Waals surface area contributed by atoms with E-state index in [0.717, 1.165) is 19.6 Å². The van der Waals surface area contributed by atoms with Gasteiger partial charge in [-0.1, -0.05) is 36.4 Å². The number of aliphatic carboxylic acids is 1. The SMILES string of the molecule is CC(C)(C)OC(=O)NC(Cc1ccc(N2CCN(Cc3ccccc3)CC2)c(F)c1)C(=O)O. The maximum absolute atomic E-state index is 14.9. The molecular weight excluding hydrogens is 425 g/mol. The van der Waals surface area contributed by atoms with Crippen molar-refractivity contribution < 1.29 is 23.8 Å². The van der Waals surface area contributed by atoms with Crippen molar-refractivity contribution in [1.29, 1.82) is 0 Å². The van der Waals surface area contributed by atoms with Gasteiger partial charge in [-0.05, 0) is 44.0 Å². The molecule has 2 aromatic rings. The van der Waals surface area contributed by atoms with Crippen LogP contribution >= 0.6 is 0 Å². The summed E-state index contributed by atoms with van der Waals surface area (Å²) in [6.45, 7) is 9.03. The highest BCUT2D eigenvalue weighted by Gasteiger charge is 2.25. The fourth-order valence-corrected chi connectivity index (χ4v) is 3.81. The van der Waals surface area contributed by atoms with Gasteiger partial charge in [0.15, 0.2) is 0 Å². The molecule has 1 unspecified atom stereocenters. The molecule has 8 heteroatoms. The Bertz CT molecular complexity index is 954. The number of carbonyl (C=O) groups excluding carboxylic acids is 1. The van der Waals surface area contributed by atoms with E-state index < -0.39 is 29.5 Å². The zero-order valence-electron chi connectivity index (χ0n) is 19.4. The van der Waals surface area contributed by atoms with E-state index in [2.05, 4.69) is 22.3 Å². The van der Waals surface area contributed by atoms with E-state index in [0.29, 0.717) is 24.3 Å². The van der Waals surface area contributed by atoms with Gasteiger partial charge in [-0.2, -0.15) is 0 Å². The molecule has 1 amide bonds. The van der Waals surface area contributed by atoms with E-state index in [4.69, 9.17) is 4.74 Å². The summed E-state index contributed by atoms with van der Waals surface area (Å²) in [7, 11) is 0. The minimum Gasteiger partial charge on any atom is -0.480 e. The molecule has 178 valence electrons. The monoisotopic (exact) mass is 457 g/mol. The molecule has 1 aliphatic rings. The van der Waals surface area contributed by atoms with Crippen LogP contribution in [0.5, 0.6) is 0 Å². The number of alkyl carbamates (subject to hydrolysis) is 1. The lowest BCUT2D eigenvalue weighted by Gasteiger charge is -2.36. The smallest absolute Gasteiger partial charge is 0.408 e. The predicted octanol–water partition coefficient (Wildman–Crippen LogP) is 3.67. The normalized spacial score (nSPS) is 15.7. The topological polar surface area (TPSA) is 82.1 Å². The summed E-state index contributed by atoms with van der Waals surface area (Å²) in [6.07, 6.45) is -0.864. The lowest BCUT2D eigenvalue weighted by molar-refractivity contribution is -0.139. The van der Waals surface area contributed by atoms with Crippen molar-refractivity contribution in [2.45, 2.75) is 45.4 Å². The molecule has 1 fully saturated rings. The van der Waals surface area contributed by atoms with Gasteiger partial charge in [-0.3, -0.25) is 4.90 Å². The summed E-state index contributed by atoms with van der Waals surface area (Å²) in [5.41, 5.74) is 1.51. The molecule has 1 heterocycles. The highest BCUT2D eigenvalue weighted by atomic mass is 19.1. The van der Waals surface area contributed by atoms with Crippen molar-refractivity contribution in [3.63, 3.8) is 0 Å². The largest absolute Gasteiger partial charge is 0.480 e. The second-order valence-electron chi connectivity index (χ2n) is 9.28. The van der Waals surface area contributed by atoms with Crippen molar-refractivity contribution in [2.75, 3.05) is 31.1 Å². The van der Waals surface area contributed by atoms with Crippen LogP contribution in [0.3, 0.4) is 0 Å². The third-order valence-electron chi connectivity index (χ3n) is 5.40. The summed E-state index contributed by atoms with van der Waals surface area (Å²) in [5, 5.41) is 11.8. The number of anilines is 1. The van der Waals surface area contributed by atoms with E-state index in [-0.39, 0.29) is 6.42 Å². The van der Waals surface area contributed by atoms with Crippen molar-refractivity contribution in [1.82, 2.24) is 10.2 Å². The number of benzene rings is 2. The summed E-state index contributed by atoms with van der Waals surface area (Å²) >= 11 is 0. The first-order valence-electron chi connectivity index (χ1n) is 11.1. The number of amides is 1. The molecule has 0 spiro atoms. The van der Waals surface area contributed by atoms with Gasteiger partial charge in [0.2, 0.25) is 0 Å². The number of carboxylic acids is 1. The molecule has 1 saturated heterocycles. The number of rotatable bonds is 7. The molecule has 1 atom stereocenters. The van der Waals surface area contributed by atoms with Crippen LogP contribution in [0.15, 0.2) is 48.5 Å². The van der Waals surface area contributed by atoms with Crippen molar-refractivity contribution in [3.05, 3.63) is 65.5 Å². The van der Waals surface area contributed by atoms with E-state index in [1.54, 1.807) is 32.9 Å². The van der Waals surface area contributed by atoms with Gasteiger partial charge in [0.1, 0.15) is 17.5 Å². The third kappa shape index (κ3) is 7.46. The second kappa shape index (κ2) is 10.7. The Morgan fingerprint density at radius 3 is 2.30 bits per heavy atom. The minimum absolute atomic E-state index is 0.0450. The molecule has 3 rings (SSSR count). The fourth-order valence-electron chi connectivity index (χ4n) is 3.81. The van der Waals surface area contributed by atoms with Crippen LogP contribution in [0, 0.1) is 5.82 Å². The Morgan fingerprint density at radius 1 is 1.06 bits per heavy atom. The van der Waals surface area contributed by atoms with Crippen LogP contribution in [0.1, 0.15) is 31.9 Å². The molecule has 1 aliphatic heterocycles. The van der Waals surface area contributed by atoms with Crippen LogP contribution in [-0.4, -0.2) is 59.9 Å². The third-order valence-corrected chi connectivity index (χ3v) is 5.40. The van der Waals surface area contributed by atoms with Crippen LogP contribution in [0.25, 0.3) is 0 Å². The standard InChI is InChI=1S/C25H32FN3O4/c1-25(2,3)33-24(32)27-21(23(30)31)16-19-9-10-22(20(26)15-19)29-13-11-28(12-14-29)17-18-7-5-4-6-8-18/h4-10,15,21H,11-14,16-17H2,1-3H3,(H,27,32)(H,30,31). The summed E-state index contributed by atoms with van der Waals surface area (Å²) in [6, 6.07) is 13.8. The van der Waals surface area contributed by atoms with Gasteiger partial charge in [-0.25, -0.2) is 14.0 Å². The van der Waals surface area contributed by atoms with Gasteiger partial charge in [0.25, 0.3) is 0 Å². The van der Waals surface area contributed by atoms with Gasteiger partial charge in [0.05, 0.1) is 5.69 Å². The number of nitrogens with one attached hydrogen (secondary N) is 1. The summed E-state index contributed by atoms with van der Waals surface area (Å²) in [5.74, 6) is -1.61. The number of hydrogen-bond acceptors (Lipinski definition) is 5. The molecule has 0 saturated carbocycles. The molecule has 2 aromatic carbocycles. The van der Waals surface area contributed by atoms with Crippen molar-refractivity contribution in [2.24, 2.45) is 0 Å². The number of carboxylic acid groups (broad SMARTS) is 1. The average Bonchev–Trinajstić information content (AvgIpc) is 2.73. The van der Waals surface area contributed by atoms with Gasteiger partial charge >= 0.3 is 12.1 Å². The number of piperazine rings is 1. The molecule has 33 heavy (non-hydrogen) atoms. The highest BCUT2D eigenvalue weighted by molar-refractivity contribution is 5.80. The number of halogens is 1. The van der Waals surface area contributed by atoms with Crippen LogP contribution in [0.4, 0.5) is 14.9 Å². The van der Waals surface area contributed by atoms with Gasteiger partial charge < -0.3 is 20.1 Å². The molecule has 0 aromatic heterocycles. The lowest BCUT2D eigenvalue weighted by atomic mass is 10.0. The Labute approximate surface area is 194 Å². The van der Waals surface area contributed by atoms with Gasteiger partial charge in [0, 0.05) is 39.1 Å². The number of ether oxygens (including phenoxy) is 1. The molecular formula is C25H32FN3O4. The van der Waals surface area contributed by atoms with Crippen LogP contribution in [-0.2, 0) is 22.5 Å². The second-order valence-corrected chi connectivity index (χ2v) is 9.28. The first kappa shape index (κ1) is 24.5. The summed E-state index contributed by atoms with van der Waals surface area (Å²) < 4.78 is 20.0. The van der Waals surface area contributed by atoms with Crippen LogP contribution < -0.4 is 10.2 Å². The van der Waals surface area contributed by atoms with Crippen LogP contribution in [0.2, 0.25) is 0 Å². The Balaban J connectivity index is 1.58. The lowest BCUT2D eigenvalue weighted by Crippen LogP contribution is -2.46. The zero-order valence-corrected chi connectivity index (χ0v) is 19.4. The van der Waals surface area contributed by atoms with E-state index in [1.807, 2.05) is 23.1 Å². The number of hydrogen-bond donors (Lipinski definition) is 2. The quantitative estimate of drug-likeness (QED) is 0.660. The number of nitrogens with zero attached hydrogens (tertiary/aromatic N) is 2. The minimum atomic E-state index is -1.22. The zero-order chi connectivity index (χ0) is 24.0. The molecule has 2 N–H and O–H groups in total. The summed E-state index contributed by atoms with van der Waals surface area (Å²) in [4.78, 5) is 27.9. The van der Waals surface area contributed by atoms with E-state index in [9.17, 15) is 19.1 Å². The highest BCUT2D eigenvalue weighted by Crippen LogP contribution is 2.23. The fraction of sp³-hybridized carbons (Fsp3) is 0.440. The molecule has 0 bridgehead atoms. The maximum atomic E-state index is 14.9. The predicted molar refractivity (Wildman–Crippen MR) is 125 cm³/mol. The van der Waals surface area contributed by atoms with E-state index >= 15 is 0 Å². The Kier molecular flexibility index (Phi) is 7.92. The average molecular weight is 458 g/mol. The molecule has 7 nitrogen and oxygen atoms in total. The first-order valence-corrected chi connectivity index (χ1v) is 11.1. The van der Waals surface area contributed by atoms with Crippen molar-refractivity contribution in [3.8, 4) is 0 Å². The maximum Gasteiger partial charge on any atom is 0.408 e. The van der Waals surface area contributed by atoms with Crippen molar-refractivity contribution >= 4 is 17.7 Å². The molecule has 0 radical (unpaired) electrons. The van der Waals surface area contributed by atoms with Gasteiger partial charge in [-0.15, -0.1) is 0 Å². The number of carbonyl (C=O) groups is 2.